The van der Waals surface area contributed by atoms with Crippen LogP contribution in [0.3, 0.4) is 0 Å². The van der Waals surface area contributed by atoms with Gasteiger partial charge in [0.1, 0.15) is 5.75 Å². The Morgan fingerprint density at radius 1 is 1.53 bits per heavy atom. The zero-order valence-corrected chi connectivity index (χ0v) is 9.33. The number of pyridine rings is 1. The standard InChI is InChI=1S/C11H16N2O2/c1-4-5-15-10-6-11(14-3)13-7-9(10)8(2)12/h6-7,12H,4-5H2,1-3H3. The van der Waals surface area contributed by atoms with Gasteiger partial charge in [0, 0.05) is 18.0 Å². The zero-order chi connectivity index (χ0) is 11.3. The van der Waals surface area contributed by atoms with Crippen molar-refractivity contribution in [2.45, 2.75) is 20.3 Å². The molecule has 0 atom stereocenters. The molecule has 0 amide bonds. The fraction of sp³-hybridized carbons (Fsp3) is 0.455. The van der Waals surface area contributed by atoms with Gasteiger partial charge in [-0.3, -0.25) is 0 Å². The van der Waals surface area contributed by atoms with E-state index in [1.54, 1.807) is 26.3 Å². The molecule has 0 saturated heterocycles. The lowest BCUT2D eigenvalue weighted by atomic mass is 10.2. The number of rotatable bonds is 5. The summed E-state index contributed by atoms with van der Waals surface area (Å²) in [7, 11) is 1.56. The molecular weight excluding hydrogens is 192 g/mol. The van der Waals surface area contributed by atoms with Gasteiger partial charge >= 0.3 is 0 Å². The molecule has 1 heterocycles. The van der Waals surface area contributed by atoms with E-state index in [4.69, 9.17) is 14.9 Å². The molecule has 0 unspecified atom stereocenters. The topological polar surface area (TPSA) is 55.2 Å². The fourth-order valence-corrected chi connectivity index (χ4v) is 1.14. The van der Waals surface area contributed by atoms with Crippen LogP contribution in [0.4, 0.5) is 0 Å². The van der Waals surface area contributed by atoms with Crippen LogP contribution in [0, 0.1) is 5.41 Å². The number of aromatic nitrogens is 1. The summed E-state index contributed by atoms with van der Waals surface area (Å²) in [5, 5.41) is 7.58. The Balaban J connectivity index is 2.99. The number of nitrogens with zero attached hydrogens (tertiary/aromatic N) is 1. The molecule has 82 valence electrons. The first-order chi connectivity index (χ1) is 7.19. The minimum absolute atomic E-state index is 0.441. The van der Waals surface area contributed by atoms with Gasteiger partial charge in [-0.05, 0) is 13.3 Å². The Morgan fingerprint density at radius 2 is 2.27 bits per heavy atom. The number of hydrogen-bond donors (Lipinski definition) is 1. The van der Waals surface area contributed by atoms with Gasteiger partial charge in [-0.2, -0.15) is 0 Å². The van der Waals surface area contributed by atoms with E-state index in [9.17, 15) is 0 Å². The fourth-order valence-electron chi connectivity index (χ4n) is 1.14. The van der Waals surface area contributed by atoms with Gasteiger partial charge in [0.25, 0.3) is 0 Å². The van der Waals surface area contributed by atoms with E-state index in [2.05, 4.69) is 4.98 Å². The van der Waals surface area contributed by atoms with E-state index >= 15 is 0 Å². The molecule has 1 aromatic heterocycles. The summed E-state index contributed by atoms with van der Waals surface area (Å²) < 4.78 is 10.5. The van der Waals surface area contributed by atoms with Crippen LogP contribution in [0.25, 0.3) is 0 Å². The molecule has 0 spiro atoms. The predicted octanol–water partition coefficient (Wildman–Crippen LogP) is 2.27. The quantitative estimate of drug-likeness (QED) is 0.755. The average molecular weight is 208 g/mol. The third kappa shape index (κ3) is 2.94. The van der Waals surface area contributed by atoms with Crippen molar-refractivity contribution in [3.05, 3.63) is 17.8 Å². The van der Waals surface area contributed by atoms with Crippen molar-refractivity contribution >= 4 is 5.71 Å². The first-order valence-electron chi connectivity index (χ1n) is 4.91. The first-order valence-corrected chi connectivity index (χ1v) is 4.91. The minimum atomic E-state index is 0.441. The van der Waals surface area contributed by atoms with Crippen LogP contribution < -0.4 is 9.47 Å². The predicted molar refractivity (Wildman–Crippen MR) is 59.1 cm³/mol. The second-order valence-corrected chi connectivity index (χ2v) is 3.20. The SMILES string of the molecule is CCCOc1cc(OC)ncc1C(C)=N. The van der Waals surface area contributed by atoms with Gasteiger partial charge in [0.15, 0.2) is 0 Å². The molecular formula is C11H16N2O2. The lowest BCUT2D eigenvalue weighted by molar-refractivity contribution is 0.312. The van der Waals surface area contributed by atoms with Crippen LogP contribution >= 0.6 is 0 Å². The van der Waals surface area contributed by atoms with Gasteiger partial charge in [0.2, 0.25) is 5.88 Å². The smallest absolute Gasteiger partial charge is 0.216 e. The number of nitrogens with one attached hydrogen (secondary N) is 1. The summed E-state index contributed by atoms with van der Waals surface area (Å²) in [5.41, 5.74) is 1.15. The Labute approximate surface area is 89.8 Å². The highest BCUT2D eigenvalue weighted by Crippen LogP contribution is 2.22. The molecule has 0 saturated carbocycles. The molecule has 1 rings (SSSR count). The number of ether oxygens (including phenoxy) is 2. The summed E-state index contributed by atoms with van der Waals surface area (Å²) in [6, 6.07) is 1.71. The summed E-state index contributed by atoms with van der Waals surface area (Å²) >= 11 is 0. The van der Waals surface area contributed by atoms with Crippen molar-refractivity contribution in [3.63, 3.8) is 0 Å². The molecule has 15 heavy (non-hydrogen) atoms. The Kier molecular flexibility index (Phi) is 4.09. The monoisotopic (exact) mass is 208 g/mol. The highest BCUT2D eigenvalue weighted by Gasteiger charge is 2.08. The second-order valence-electron chi connectivity index (χ2n) is 3.20. The largest absolute Gasteiger partial charge is 0.493 e. The molecule has 0 bridgehead atoms. The summed E-state index contributed by atoms with van der Waals surface area (Å²) in [5.74, 6) is 1.17. The van der Waals surface area contributed by atoms with Crippen molar-refractivity contribution in [3.8, 4) is 11.6 Å². The van der Waals surface area contributed by atoms with E-state index in [-0.39, 0.29) is 0 Å². The van der Waals surface area contributed by atoms with E-state index in [0.29, 0.717) is 29.5 Å². The zero-order valence-electron chi connectivity index (χ0n) is 9.33. The van der Waals surface area contributed by atoms with Crippen molar-refractivity contribution in [2.24, 2.45) is 0 Å². The van der Waals surface area contributed by atoms with Crippen molar-refractivity contribution in [1.29, 1.82) is 5.41 Å². The maximum Gasteiger partial charge on any atom is 0.216 e. The molecule has 0 aliphatic heterocycles. The van der Waals surface area contributed by atoms with E-state index in [1.165, 1.54) is 0 Å². The lowest BCUT2D eigenvalue weighted by Crippen LogP contribution is -2.03. The third-order valence-electron chi connectivity index (χ3n) is 1.92. The summed E-state index contributed by atoms with van der Waals surface area (Å²) in [4.78, 5) is 4.04. The summed E-state index contributed by atoms with van der Waals surface area (Å²) in [6.45, 7) is 4.38. The molecule has 4 heteroatoms. The van der Waals surface area contributed by atoms with Gasteiger partial charge in [-0.25, -0.2) is 4.98 Å². The summed E-state index contributed by atoms with van der Waals surface area (Å²) in [6.07, 6.45) is 2.54. The molecule has 0 aromatic carbocycles. The maximum absolute atomic E-state index is 7.58. The number of methoxy groups -OCH3 is 1. The van der Waals surface area contributed by atoms with Gasteiger partial charge in [-0.15, -0.1) is 0 Å². The van der Waals surface area contributed by atoms with Crippen LogP contribution in [-0.4, -0.2) is 24.4 Å². The maximum atomic E-state index is 7.58. The van der Waals surface area contributed by atoms with Crippen LogP contribution in [0.1, 0.15) is 25.8 Å². The molecule has 0 fully saturated rings. The van der Waals surface area contributed by atoms with E-state index in [1.807, 2.05) is 6.92 Å². The Morgan fingerprint density at radius 3 is 2.80 bits per heavy atom. The normalized spacial score (nSPS) is 9.80. The highest BCUT2D eigenvalue weighted by molar-refractivity contribution is 5.98. The lowest BCUT2D eigenvalue weighted by Gasteiger charge is -2.10. The second kappa shape index (κ2) is 5.34. The molecule has 4 nitrogen and oxygen atoms in total. The molecule has 0 aliphatic carbocycles. The molecule has 1 N–H and O–H groups in total. The molecule has 1 aromatic rings. The highest BCUT2D eigenvalue weighted by atomic mass is 16.5. The Bertz CT molecular complexity index is 350. The van der Waals surface area contributed by atoms with Crippen molar-refractivity contribution < 1.29 is 9.47 Å². The van der Waals surface area contributed by atoms with Crippen LogP contribution in [0.2, 0.25) is 0 Å². The molecule has 0 aliphatic rings. The third-order valence-corrected chi connectivity index (χ3v) is 1.92. The van der Waals surface area contributed by atoms with Crippen molar-refractivity contribution in [2.75, 3.05) is 13.7 Å². The molecule has 0 radical (unpaired) electrons. The van der Waals surface area contributed by atoms with Crippen molar-refractivity contribution in [1.82, 2.24) is 4.98 Å². The average Bonchev–Trinajstić information content (AvgIpc) is 2.25. The van der Waals surface area contributed by atoms with E-state index in [0.717, 1.165) is 6.42 Å². The first kappa shape index (κ1) is 11.5. The van der Waals surface area contributed by atoms with Gasteiger partial charge in [0.05, 0.1) is 19.3 Å². The van der Waals surface area contributed by atoms with Crippen LogP contribution in [-0.2, 0) is 0 Å². The van der Waals surface area contributed by atoms with Crippen LogP contribution in [0.5, 0.6) is 11.6 Å². The minimum Gasteiger partial charge on any atom is -0.493 e. The van der Waals surface area contributed by atoms with Crippen LogP contribution in [0.15, 0.2) is 12.3 Å². The Hall–Kier alpha value is -1.58. The van der Waals surface area contributed by atoms with Gasteiger partial charge < -0.3 is 14.9 Å². The van der Waals surface area contributed by atoms with Gasteiger partial charge in [-0.1, -0.05) is 6.92 Å². The van der Waals surface area contributed by atoms with E-state index < -0.39 is 0 Å². The number of hydrogen-bond acceptors (Lipinski definition) is 4.